The minimum absolute atomic E-state index is 0.133. The monoisotopic (exact) mass is 323 g/mol. The van der Waals surface area contributed by atoms with E-state index < -0.39 is 40.4 Å². The summed E-state index contributed by atoms with van der Waals surface area (Å²) in [6.45, 7) is 0. The van der Waals surface area contributed by atoms with Crippen molar-refractivity contribution in [3.8, 4) is 5.75 Å². The van der Waals surface area contributed by atoms with Crippen LogP contribution in [0.2, 0.25) is 0 Å². The van der Waals surface area contributed by atoms with E-state index >= 15 is 0 Å². The third-order valence-corrected chi connectivity index (χ3v) is 2.59. The number of rotatable bonds is 5. The van der Waals surface area contributed by atoms with Gasteiger partial charge in [-0.2, -0.15) is 0 Å². The van der Waals surface area contributed by atoms with Gasteiger partial charge < -0.3 is 20.9 Å². The van der Waals surface area contributed by atoms with E-state index in [1.807, 2.05) is 0 Å². The molecule has 22 heavy (non-hydrogen) atoms. The van der Waals surface area contributed by atoms with Gasteiger partial charge in [-0.25, -0.2) is 0 Å². The Hall–Kier alpha value is -2.56. The Labute approximate surface area is 121 Å². The molecule has 0 amide bonds. The normalized spacial score (nSPS) is 12.6. The number of nitro groups is 1. The molecule has 0 bridgehead atoms. The molecule has 1 atom stereocenters. The lowest BCUT2D eigenvalue weighted by Crippen LogP contribution is -2.34. The Bertz CT molecular complexity index is 591. The zero-order chi connectivity index (χ0) is 17.1. The zero-order valence-electron chi connectivity index (χ0n) is 11.2. The van der Waals surface area contributed by atoms with Crippen LogP contribution in [0, 0.1) is 10.1 Å². The van der Waals surface area contributed by atoms with Crippen molar-refractivity contribution in [2.45, 2.75) is 18.8 Å². The highest BCUT2D eigenvalue weighted by Crippen LogP contribution is 2.34. The molecule has 4 N–H and O–H groups in total. The maximum atomic E-state index is 12.2. The minimum atomic E-state index is -5.04. The van der Waals surface area contributed by atoms with E-state index in [9.17, 15) is 28.1 Å². The standard InChI is InChI=1S/C11H12F3N3O5/c1-21-10(18)7(15)3-5-2-6(22-11(12,13)14)4-8(9(5)16)17(19)20/h2,4,7H,3,15-16H2,1H3/t7-/m0/s1. The van der Waals surface area contributed by atoms with Gasteiger partial charge in [0.25, 0.3) is 5.69 Å². The van der Waals surface area contributed by atoms with Crippen LogP contribution in [0.15, 0.2) is 12.1 Å². The highest BCUT2D eigenvalue weighted by molar-refractivity contribution is 5.77. The number of alkyl halides is 3. The number of nitrogens with zero attached hydrogens (tertiary/aromatic N) is 1. The third-order valence-electron chi connectivity index (χ3n) is 2.59. The van der Waals surface area contributed by atoms with Gasteiger partial charge in [0.1, 0.15) is 17.5 Å². The van der Waals surface area contributed by atoms with Gasteiger partial charge >= 0.3 is 12.3 Å². The molecule has 0 aliphatic carbocycles. The van der Waals surface area contributed by atoms with Crippen molar-refractivity contribution in [3.63, 3.8) is 0 Å². The smallest absolute Gasteiger partial charge is 0.468 e. The number of nitrogens with two attached hydrogens (primary N) is 2. The molecular weight excluding hydrogens is 311 g/mol. The van der Waals surface area contributed by atoms with E-state index in [2.05, 4.69) is 9.47 Å². The first-order chi connectivity index (χ1) is 10.0. The number of esters is 1. The maximum absolute atomic E-state index is 12.2. The third kappa shape index (κ3) is 4.48. The van der Waals surface area contributed by atoms with Crippen molar-refractivity contribution < 1.29 is 32.4 Å². The molecule has 0 unspecified atom stereocenters. The molecule has 0 radical (unpaired) electrons. The molecule has 0 saturated heterocycles. The van der Waals surface area contributed by atoms with Gasteiger partial charge in [-0.15, -0.1) is 13.2 Å². The van der Waals surface area contributed by atoms with Crippen molar-refractivity contribution >= 4 is 17.3 Å². The fourth-order valence-corrected chi connectivity index (χ4v) is 1.65. The van der Waals surface area contributed by atoms with E-state index in [0.29, 0.717) is 6.07 Å². The number of carbonyl (C=O) groups excluding carboxylic acids is 1. The number of methoxy groups -OCH3 is 1. The topological polar surface area (TPSA) is 131 Å². The van der Waals surface area contributed by atoms with Gasteiger partial charge in [0.2, 0.25) is 0 Å². The molecule has 1 aromatic carbocycles. The molecule has 0 aromatic heterocycles. The van der Waals surface area contributed by atoms with Crippen molar-refractivity contribution in [1.29, 1.82) is 0 Å². The van der Waals surface area contributed by atoms with Crippen LogP contribution >= 0.6 is 0 Å². The van der Waals surface area contributed by atoms with E-state index in [4.69, 9.17) is 11.5 Å². The van der Waals surface area contributed by atoms with Crippen LogP contribution in [0.4, 0.5) is 24.5 Å². The molecular formula is C11H12F3N3O5. The van der Waals surface area contributed by atoms with Gasteiger partial charge in [0.15, 0.2) is 0 Å². The Balaban J connectivity index is 3.24. The van der Waals surface area contributed by atoms with E-state index in [-0.39, 0.29) is 12.0 Å². The van der Waals surface area contributed by atoms with Crippen LogP contribution in [0.25, 0.3) is 0 Å². The molecule has 0 fully saturated rings. The first kappa shape index (κ1) is 17.5. The number of anilines is 1. The number of halogens is 3. The Morgan fingerprint density at radius 2 is 2.05 bits per heavy atom. The molecule has 0 spiro atoms. The summed E-state index contributed by atoms with van der Waals surface area (Å²) in [7, 11) is 1.07. The average molecular weight is 323 g/mol. The number of nitro benzene ring substituents is 1. The highest BCUT2D eigenvalue weighted by atomic mass is 19.4. The summed E-state index contributed by atoms with van der Waals surface area (Å²) in [5, 5.41) is 10.8. The van der Waals surface area contributed by atoms with E-state index in [1.54, 1.807) is 0 Å². The van der Waals surface area contributed by atoms with Crippen LogP contribution in [0.1, 0.15) is 5.56 Å². The second-order valence-electron chi connectivity index (χ2n) is 4.15. The number of carbonyl (C=O) groups is 1. The summed E-state index contributed by atoms with van der Waals surface area (Å²) in [5.74, 6) is -1.68. The number of ether oxygens (including phenoxy) is 2. The van der Waals surface area contributed by atoms with Gasteiger partial charge in [0.05, 0.1) is 18.1 Å². The van der Waals surface area contributed by atoms with E-state index in [0.717, 1.165) is 13.2 Å². The number of benzene rings is 1. The average Bonchev–Trinajstić information content (AvgIpc) is 2.39. The van der Waals surface area contributed by atoms with Crippen LogP contribution in [-0.2, 0) is 16.0 Å². The lowest BCUT2D eigenvalue weighted by Gasteiger charge is -2.14. The summed E-state index contributed by atoms with van der Waals surface area (Å²) < 4.78 is 44.7. The minimum Gasteiger partial charge on any atom is -0.468 e. The molecule has 122 valence electrons. The second kappa shape index (κ2) is 6.47. The van der Waals surface area contributed by atoms with Crippen molar-refractivity contribution in [2.75, 3.05) is 12.8 Å². The van der Waals surface area contributed by atoms with Crippen molar-refractivity contribution in [1.82, 2.24) is 0 Å². The number of hydrogen-bond donors (Lipinski definition) is 2. The molecule has 1 aromatic rings. The summed E-state index contributed by atoms with van der Waals surface area (Å²) in [4.78, 5) is 21.1. The zero-order valence-corrected chi connectivity index (χ0v) is 11.2. The van der Waals surface area contributed by atoms with Gasteiger partial charge in [-0.3, -0.25) is 14.9 Å². The fraction of sp³-hybridized carbons (Fsp3) is 0.364. The van der Waals surface area contributed by atoms with Crippen LogP contribution in [-0.4, -0.2) is 30.4 Å². The maximum Gasteiger partial charge on any atom is 0.573 e. The summed E-state index contributed by atoms with van der Waals surface area (Å²) in [5.41, 5.74) is 9.67. The molecule has 11 heteroatoms. The number of hydrogen-bond acceptors (Lipinski definition) is 7. The molecule has 8 nitrogen and oxygen atoms in total. The highest BCUT2D eigenvalue weighted by Gasteiger charge is 2.33. The lowest BCUT2D eigenvalue weighted by molar-refractivity contribution is -0.384. The summed E-state index contributed by atoms with van der Waals surface area (Å²) in [6, 6.07) is 0.127. The SMILES string of the molecule is COC(=O)[C@@H](N)Cc1cc(OC(F)(F)F)cc([N+](=O)[O-])c1N. The summed E-state index contributed by atoms with van der Waals surface area (Å²) in [6.07, 6.45) is -5.39. The lowest BCUT2D eigenvalue weighted by atomic mass is 10.0. The first-order valence-electron chi connectivity index (χ1n) is 5.71. The van der Waals surface area contributed by atoms with Gasteiger partial charge in [-0.1, -0.05) is 0 Å². The summed E-state index contributed by atoms with van der Waals surface area (Å²) >= 11 is 0. The Morgan fingerprint density at radius 3 is 2.50 bits per heavy atom. The molecule has 0 aliphatic heterocycles. The first-order valence-corrected chi connectivity index (χ1v) is 5.71. The Kier molecular flexibility index (Phi) is 5.14. The van der Waals surface area contributed by atoms with Crippen molar-refractivity contribution in [3.05, 3.63) is 27.8 Å². The molecule has 0 saturated carbocycles. The largest absolute Gasteiger partial charge is 0.573 e. The van der Waals surface area contributed by atoms with Gasteiger partial charge in [-0.05, 0) is 11.6 Å². The number of nitrogen functional groups attached to an aromatic ring is 1. The van der Waals surface area contributed by atoms with Crippen LogP contribution < -0.4 is 16.2 Å². The molecule has 0 heterocycles. The predicted molar refractivity (Wildman–Crippen MR) is 67.9 cm³/mol. The van der Waals surface area contributed by atoms with Crippen LogP contribution in [0.5, 0.6) is 5.75 Å². The van der Waals surface area contributed by atoms with Gasteiger partial charge in [0, 0.05) is 6.42 Å². The fourth-order valence-electron chi connectivity index (χ4n) is 1.65. The predicted octanol–water partition coefficient (Wildman–Crippen LogP) is 1.12. The van der Waals surface area contributed by atoms with Crippen molar-refractivity contribution in [2.24, 2.45) is 5.73 Å². The second-order valence-corrected chi connectivity index (χ2v) is 4.15. The quantitative estimate of drug-likeness (QED) is 0.359. The van der Waals surface area contributed by atoms with E-state index in [1.165, 1.54) is 0 Å². The Morgan fingerprint density at radius 1 is 1.45 bits per heavy atom. The molecule has 1 rings (SSSR count). The molecule has 0 aliphatic rings. The van der Waals surface area contributed by atoms with Crippen LogP contribution in [0.3, 0.4) is 0 Å².